The van der Waals surface area contributed by atoms with E-state index in [0.717, 1.165) is 41.5 Å². The molecule has 0 unspecified atom stereocenters. The number of hydrogen-bond donors (Lipinski definition) is 3. The van der Waals surface area contributed by atoms with Crippen molar-refractivity contribution in [3.8, 4) is 11.1 Å². The van der Waals surface area contributed by atoms with Gasteiger partial charge >= 0.3 is 12.1 Å². The molecule has 8 heteroatoms. The van der Waals surface area contributed by atoms with Gasteiger partial charge in [-0.05, 0) is 35.1 Å². The second-order valence-electron chi connectivity index (χ2n) is 8.91. The summed E-state index contributed by atoms with van der Waals surface area (Å²) in [6.07, 6.45) is 2.34. The SMILES string of the molecule is COC[C@H](NC(=O)OCC1c2ccccc2-c2ccccc21)C(=O)NC1(C(=O)O)CCCCC1. The Morgan fingerprint density at radius 1 is 1.00 bits per heavy atom. The Bertz CT molecular complexity index is 1020. The van der Waals surface area contributed by atoms with Crippen LogP contribution in [-0.4, -0.2) is 55.0 Å². The van der Waals surface area contributed by atoms with Crippen LogP contribution < -0.4 is 10.6 Å². The predicted octanol–water partition coefficient (Wildman–Crippen LogP) is 3.44. The molecule has 1 saturated carbocycles. The quantitative estimate of drug-likeness (QED) is 0.549. The standard InChI is InChI=1S/C26H30N2O6/c1-33-16-22(23(29)28-26(24(30)31)13-7-2-8-14-26)27-25(32)34-15-21-19-11-5-3-9-17(19)18-10-4-6-12-20(18)21/h3-6,9-12,21-22H,2,7-8,13-16H2,1H3,(H,27,32)(H,28,29)(H,30,31)/t22-/m0/s1. The summed E-state index contributed by atoms with van der Waals surface area (Å²) in [6, 6.07) is 15.0. The van der Waals surface area contributed by atoms with E-state index >= 15 is 0 Å². The van der Waals surface area contributed by atoms with E-state index in [1.807, 2.05) is 36.4 Å². The average Bonchev–Trinajstić information content (AvgIpc) is 3.16. The van der Waals surface area contributed by atoms with Crippen molar-refractivity contribution in [2.24, 2.45) is 0 Å². The van der Waals surface area contributed by atoms with Crippen LogP contribution in [0.1, 0.15) is 49.1 Å². The average molecular weight is 467 g/mol. The van der Waals surface area contributed by atoms with Crippen molar-refractivity contribution in [3.05, 3.63) is 59.7 Å². The number of fused-ring (bicyclic) bond motifs is 3. The number of alkyl carbamates (subject to hydrolysis) is 1. The van der Waals surface area contributed by atoms with Crippen molar-refractivity contribution in [3.63, 3.8) is 0 Å². The fraction of sp³-hybridized carbons (Fsp3) is 0.423. The molecule has 0 saturated heterocycles. The fourth-order valence-corrected chi connectivity index (χ4v) is 5.00. The first kappa shape index (κ1) is 23.8. The van der Waals surface area contributed by atoms with Gasteiger partial charge in [-0.3, -0.25) is 4.79 Å². The lowest BCUT2D eigenvalue weighted by molar-refractivity contribution is -0.149. The Morgan fingerprint density at radius 2 is 1.59 bits per heavy atom. The maximum atomic E-state index is 12.9. The van der Waals surface area contributed by atoms with E-state index in [4.69, 9.17) is 9.47 Å². The van der Waals surface area contributed by atoms with E-state index < -0.39 is 29.6 Å². The van der Waals surface area contributed by atoms with Gasteiger partial charge in [-0.1, -0.05) is 67.8 Å². The summed E-state index contributed by atoms with van der Waals surface area (Å²) in [5, 5.41) is 14.9. The zero-order chi connectivity index (χ0) is 24.1. The van der Waals surface area contributed by atoms with Gasteiger partial charge in [0.1, 0.15) is 18.2 Å². The maximum absolute atomic E-state index is 12.9. The van der Waals surface area contributed by atoms with Gasteiger partial charge in [-0.2, -0.15) is 0 Å². The van der Waals surface area contributed by atoms with Crippen molar-refractivity contribution < 1.29 is 29.0 Å². The Hall–Kier alpha value is -3.39. The molecule has 0 spiro atoms. The van der Waals surface area contributed by atoms with Crippen molar-refractivity contribution in [1.29, 1.82) is 0 Å². The zero-order valence-corrected chi connectivity index (χ0v) is 19.2. The molecular weight excluding hydrogens is 436 g/mol. The number of benzene rings is 2. The smallest absolute Gasteiger partial charge is 0.407 e. The number of carboxylic acids is 1. The third-order valence-electron chi connectivity index (χ3n) is 6.76. The summed E-state index contributed by atoms with van der Waals surface area (Å²) >= 11 is 0. The van der Waals surface area contributed by atoms with Crippen LogP contribution in [0.3, 0.4) is 0 Å². The molecule has 0 aliphatic heterocycles. The highest BCUT2D eigenvalue weighted by Gasteiger charge is 2.42. The minimum Gasteiger partial charge on any atom is -0.480 e. The summed E-state index contributed by atoms with van der Waals surface area (Å²) in [6.45, 7) is 0.00592. The molecule has 0 radical (unpaired) electrons. The van der Waals surface area contributed by atoms with Crippen LogP contribution in [0.25, 0.3) is 11.1 Å². The Kier molecular flexibility index (Phi) is 7.17. The lowest BCUT2D eigenvalue weighted by Gasteiger charge is -2.35. The molecule has 1 fully saturated rings. The maximum Gasteiger partial charge on any atom is 0.407 e. The molecule has 4 rings (SSSR count). The van der Waals surface area contributed by atoms with Gasteiger partial charge in [-0.25, -0.2) is 9.59 Å². The number of carbonyl (C=O) groups excluding carboxylic acids is 2. The molecule has 0 heterocycles. The molecule has 3 N–H and O–H groups in total. The molecule has 180 valence electrons. The first-order chi connectivity index (χ1) is 16.4. The van der Waals surface area contributed by atoms with Gasteiger partial charge in [0.05, 0.1) is 6.61 Å². The van der Waals surface area contributed by atoms with Crippen LogP contribution in [0.4, 0.5) is 4.79 Å². The van der Waals surface area contributed by atoms with Crippen LogP contribution in [0.15, 0.2) is 48.5 Å². The van der Waals surface area contributed by atoms with Crippen molar-refractivity contribution in [2.75, 3.05) is 20.3 Å². The van der Waals surface area contributed by atoms with Gasteiger partial charge in [0.15, 0.2) is 0 Å². The number of methoxy groups -OCH3 is 1. The lowest BCUT2D eigenvalue weighted by atomic mass is 9.81. The minimum atomic E-state index is -1.32. The molecule has 2 aromatic rings. The Labute approximate surface area is 198 Å². The van der Waals surface area contributed by atoms with E-state index in [-0.39, 0.29) is 19.1 Å². The number of carbonyl (C=O) groups is 3. The molecule has 2 aliphatic rings. The number of nitrogens with one attached hydrogen (secondary N) is 2. The minimum absolute atomic E-state index is 0.105. The topological polar surface area (TPSA) is 114 Å². The van der Waals surface area contributed by atoms with E-state index in [1.165, 1.54) is 7.11 Å². The monoisotopic (exact) mass is 466 g/mol. The second-order valence-corrected chi connectivity index (χ2v) is 8.91. The molecule has 2 aromatic carbocycles. The van der Waals surface area contributed by atoms with Crippen LogP contribution in [0.2, 0.25) is 0 Å². The Balaban J connectivity index is 1.41. The third kappa shape index (κ3) is 4.77. The fourth-order valence-electron chi connectivity index (χ4n) is 5.00. The molecule has 0 aromatic heterocycles. The van der Waals surface area contributed by atoms with Gasteiger partial charge in [0.25, 0.3) is 0 Å². The molecule has 2 aliphatic carbocycles. The first-order valence-electron chi connectivity index (χ1n) is 11.6. The van der Waals surface area contributed by atoms with Gasteiger partial charge in [0, 0.05) is 13.0 Å². The number of amides is 2. The van der Waals surface area contributed by atoms with E-state index in [9.17, 15) is 19.5 Å². The van der Waals surface area contributed by atoms with Gasteiger partial charge in [0.2, 0.25) is 5.91 Å². The van der Waals surface area contributed by atoms with Crippen molar-refractivity contribution in [2.45, 2.75) is 49.6 Å². The predicted molar refractivity (Wildman–Crippen MR) is 125 cm³/mol. The number of carboxylic acid groups (broad SMARTS) is 1. The molecule has 2 amide bonds. The van der Waals surface area contributed by atoms with Crippen LogP contribution in [0, 0.1) is 0 Å². The third-order valence-corrected chi connectivity index (χ3v) is 6.76. The lowest BCUT2D eigenvalue weighted by Crippen LogP contribution is -2.61. The van der Waals surface area contributed by atoms with Crippen LogP contribution in [-0.2, 0) is 19.1 Å². The molecule has 1 atom stereocenters. The summed E-state index contributed by atoms with van der Waals surface area (Å²) < 4.78 is 10.6. The zero-order valence-electron chi connectivity index (χ0n) is 19.2. The number of aliphatic carboxylic acids is 1. The van der Waals surface area contributed by atoms with Crippen LogP contribution in [0.5, 0.6) is 0 Å². The number of ether oxygens (including phenoxy) is 2. The van der Waals surface area contributed by atoms with Gasteiger partial charge in [-0.15, -0.1) is 0 Å². The van der Waals surface area contributed by atoms with E-state index in [2.05, 4.69) is 22.8 Å². The van der Waals surface area contributed by atoms with Crippen molar-refractivity contribution >= 4 is 18.0 Å². The van der Waals surface area contributed by atoms with Crippen molar-refractivity contribution in [1.82, 2.24) is 10.6 Å². The first-order valence-corrected chi connectivity index (χ1v) is 11.6. The summed E-state index contributed by atoms with van der Waals surface area (Å²) in [7, 11) is 1.41. The summed E-state index contributed by atoms with van der Waals surface area (Å²) in [5.74, 6) is -1.76. The highest BCUT2D eigenvalue weighted by atomic mass is 16.5. The van der Waals surface area contributed by atoms with E-state index in [1.54, 1.807) is 0 Å². The van der Waals surface area contributed by atoms with Gasteiger partial charge < -0.3 is 25.2 Å². The summed E-state index contributed by atoms with van der Waals surface area (Å²) in [4.78, 5) is 37.5. The molecule has 0 bridgehead atoms. The Morgan fingerprint density at radius 3 is 2.15 bits per heavy atom. The molecule has 8 nitrogen and oxygen atoms in total. The number of rotatable bonds is 8. The van der Waals surface area contributed by atoms with E-state index in [0.29, 0.717) is 12.8 Å². The summed E-state index contributed by atoms with van der Waals surface area (Å²) in [5.41, 5.74) is 3.10. The highest BCUT2D eigenvalue weighted by molar-refractivity contribution is 5.91. The normalized spacial score (nSPS) is 17.2. The molecular formula is C26H30N2O6. The largest absolute Gasteiger partial charge is 0.480 e. The second kappa shape index (κ2) is 10.3. The number of hydrogen-bond acceptors (Lipinski definition) is 5. The van der Waals surface area contributed by atoms with Crippen LogP contribution >= 0.6 is 0 Å². The molecule has 34 heavy (non-hydrogen) atoms. The highest BCUT2D eigenvalue weighted by Crippen LogP contribution is 2.44.